The van der Waals surface area contributed by atoms with Crippen molar-refractivity contribution in [2.24, 2.45) is 0 Å². The third-order valence-electron chi connectivity index (χ3n) is 2.07. The van der Waals surface area contributed by atoms with E-state index in [4.69, 9.17) is 0 Å². The smallest absolute Gasteiger partial charge is 0.0503 e. The molecule has 0 radical (unpaired) electrons. The first kappa shape index (κ1) is 7.17. The molecular weight excluding hydrogens is 202 g/mol. The minimum Gasteiger partial charge on any atom is -0.308 e. The van der Waals surface area contributed by atoms with E-state index in [0.29, 0.717) is 0 Å². The molecule has 0 unspecified atom stereocenters. The highest BCUT2D eigenvalue weighted by atomic mass is 79.9. The van der Waals surface area contributed by atoms with E-state index >= 15 is 0 Å². The predicted octanol–water partition coefficient (Wildman–Crippen LogP) is 2.67. The Kier molecular flexibility index (Phi) is 1.64. The number of aryl methyl sites for hydroxylation is 1. The maximum absolute atomic E-state index is 3.49. The number of rotatable bonds is 0. The molecule has 1 aliphatic rings. The topological polar surface area (TPSA) is 3.24 Å². The number of hydrogen-bond donors (Lipinski definition) is 0. The fourth-order valence-corrected chi connectivity index (χ4v) is 2.01. The van der Waals surface area contributed by atoms with Gasteiger partial charge < -0.3 is 3.93 Å². The van der Waals surface area contributed by atoms with Crippen LogP contribution in [0.25, 0.3) is 0 Å². The van der Waals surface area contributed by atoms with Crippen molar-refractivity contribution in [1.29, 1.82) is 0 Å². The summed E-state index contributed by atoms with van der Waals surface area (Å²) in [7, 11) is 0. The van der Waals surface area contributed by atoms with Crippen LogP contribution in [0.15, 0.2) is 18.2 Å². The largest absolute Gasteiger partial charge is 0.308 e. The summed E-state index contributed by atoms with van der Waals surface area (Å²) >= 11 is 3.49. The van der Waals surface area contributed by atoms with Crippen LogP contribution < -0.4 is 3.93 Å². The fourth-order valence-electron chi connectivity index (χ4n) is 1.49. The molecule has 0 saturated carbocycles. The van der Waals surface area contributed by atoms with Gasteiger partial charge in [0.25, 0.3) is 0 Å². The van der Waals surface area contributed by atoms with Gasteiger partial charge in [0.1, 0.15) is 0 Å². The zero-order chi connectivity index (χ0) is 7.84. The summed E-state index contributed by atoms with van der Waals surface area (Å²) in [6.45, 7) is 3.23. The van der Waals surface area contributed by atoms with E-state index in [1.807, 2.05) is 0 Å². The number of hydrogen-bond acceptors (Lipinski definition) is 1. The molecule has 2 rings (SSSR count). The van der Waals surface area contributed by atoms with E-state index < -0.39 is 0 Å². The Morgan fingerprint density at radius 1 is 1.45 bits per heavy atom. The van der Waals surface area contributed by atoms with Crippen molar-refractivity contribution in [3.05, 3.63) is 29.3 Å². The molecule has 11 heavy (non-hydrogen) atoms. The van der Waals surface area contributed by atoms with Crippen LogP contribution in [0, 0.1) is 6.92 Å². The number of benzene rings is 1. The Morgan fingerprint density at radius 2 is 2.27 bits per heavy atom. The lowest BCUT2D eigenvalue weighted by atomic mass is 10.1. The highest BCUT2D eigenvalue weighted by molar-refractivity contribution is 9.10. The zero-order valence-electron chi connectivity index (χ0n) is 6.47. The average molecular weight is 212 g/mol. The Labute approximate surface area is 75.4 Å². The predicted molar refractivity (Wildman–Crippen MR) is 51.2 cm³/mol. The molecule has 0 aromatic heterocycles. The molecule has 0 atom stereocenters. The molecule has 0 spiro atoms. The van der Waals surface area contributed by atoms with Crippen LogP contribution in [0.4, 0.5) is 5.69 Å². The SMILES string of the molecule is Cc1ccc2c(c1)CCN2Br. The fraction of sp³-hybridized carbons (Fsp3) is 0.333. The van der Waals surface area contributed by atoms with Crippen molar-refractivity contribution >= 4 is 21.8 Å². The van der Waals surface area contributed by atoms with E-state index in [1.54, 1.807) is 0 Å². The Morgan fingerprint density at radius 3 is 3.09 bits per heavy atom. The molecule has 0 amide bonds. The van der Waals surface area contributed by atoms with Crippen molar-refractivity contribution < 1.29 is 0 Å². The number of anilines is 1. The molecule has 1 aromatic carbocycles. The lowest BCUT2D eigenvalue weighted by molar-refractivity contribution is 1.06. The van der Waals surface area contributed by atoms with Gasteiger partial charge in [0, 0.05) is 22.7 Å². The van der Waals surface area contributed by atoms with Gasteiger partial charge in [-0.05, 0) is 25.0 Å². The summed E-state index contributed by atoms with van der Waals surface area (Å²) in [4.78, 5) is 0. The van der Waals surface area contributed by atoms with Gasteiger partial charge in [0.2, 0.25) is 0 Å². The van der Waals surface area contributed by atoms with Gasteiger partial charge in [0.15, 0.2) is 0 Å². The van der Waals surface area contributed by atoms with Crippen LogP contribution in [0.3, 0.4) is 0 Å². The van der Waals surface area contributed by atoms with Crippen molar-refractivity contribution in [1.82, 2.24) is 0 Å². The second-order valence-electron chi connectivity index (χ2n) is 2.97. The summed E-state index contributed by atoms with van der Waals surface area (Å²) in [5, 5.41) is 0. The molecule has 1 heterocycles. The Bertz CT molecular complexity index is 283. The van der Waals surface area contributed by atoms with E-state index in [2.05, 4.69) is 45.2 Å². The van der Waals surface area contributed by atoms with Crippen LogP contribution in [-0.2, 0) is 6.42 Å². The third kappa shape index (κ3) is 1.16. The first-order valence-corrected chi connectivity index (χ1v) is 4.51. The Balaban J connectivity index is 2.50. The van der Waals surface area contributed by atoms with Crippen molar-refractivity contribution in [3.63, 3.8) is 0 Å². The summed E-state index contributed by atoms with van der Waals surface area (Å²) in [5.41, 5.74) is 4.14. The number of nitrogens with zero attached hydrogens (tertiary/aromatic N) is 1. The quantitative estimate of drug-likeness (QED) is 0.597. The maximum atomic E-state index is 3.49. The van der Waals surface area contributed by atoms with Gasteiger partial charge in [-0.3, -0.25) is 0 Å². The lowest BCUT2D eigenvalue weighted by Gasteiger charge is -2.07. The second-order valence-corrected chi connectivity index (χ2v) is 3.82. The number of halogens is 1. The van der Waals surface area contributed by atoms with Crippen LogP contribution in [0.2, 0.25) is 0 Å². The normalized spacial score (nSPS) is 15.3. The first-order chi connectivity index (χ1) is 5.27. The lowest BCUT2D eigenvalue weighted by Crippen LogP contribution is -2.03. The van der Waals surface area contributed by atoms with Crippen LogP contribution >= 0.6 is 16.1 Å². The van der Waals surface area contributed by atoms with Gasteiger partial charge in [-0.1, -0.05) is 17.7 Å². The molecule has 0 saturated heterocycles. The molecule has 1 nitrogen and oxygen atoms in total. The van der Waals surface area contributed by atoms with E-state index in [0.717, 1.165) is 6.54 Å². The van der Waals surface area contributed by atoms with Gasteiger partial charge >= 0.3 is 0 Å². The molecule has 0 fully saturated rings. The molecule has 58 valence electrons. The molecule has 2 heteroatoms. The maximum Gasteiger partial charge on any atom is 0.0503 e. The summed E-state index contributed by atoms with van der Waals surface area (Å²) < 4.78 is 2.13. The highest BCUT2D eigenvalue weighted by Gasteiger charge is 2.15. The van der Waals surface area contributed by atoms with Gasteiger partial charge in [-0.25, -0.2) is 0 Å². The van der Waals surface area contributed by atoms with Crippen molar-refractivity contribution in [2.75, 3.05) is 10.5 Å². The molecule has 0 aliphatic carbocycles. The molecule has 1 aliphatic heterocycles. The molecule has 0 bridgehead atoms. The van der Waals surface area contributed by atoms with Crippen molar-refractivity contribution in [2.45, 2.75) is 13.3 Å². The molecule has 0 N–H and O–H groups in total. The van der Waals surface area contributed by atoms with Crippen molar-refractivity contribution in [3.8, 4) is 0 Å². The summed E-state index contributed by atoms with van der Waals surface area (Å²) in [6, 6.07) is 6.58. The third-order valence-corrected chi connectivity index (χ3v) is 2.81. The standard InChI is InChI=1S/C9H10BrN/c1-7-2-3-9-8(6-7)4-5-11(9)10/h2-3,6H,4-5H2,1H3. The van der Waals surface area contributed by atoms with E-state index in [-0.39, 0.29) is 0 Å². The highest BCUT2D eigenvalue weighted by Crippen LogP contribution is 2.30. The molecule has 1 aromatic rings. The van der Waals surface area contributed by atoms with E-state index in [9.17, 15) is 0 Å². The molecular formula is C9H10BrN. The van der Waals surface area contributed by atoms with Gasteiger partial charge in [-0.2, -0.15) is 0 Å². The first-order valence-electron chi connectivity index (χ1n) is 3.80. The van der Waals surface area contributed by atoms with Gasteiger partial charge in [-0.15, -0.1) is 0 Å². The summed E-state index contributed by atoms with van der Waals surface area (Å²) in [5.74, 6) is 0. The average Bonchev–Trinajstić information content (AvgIpc) is 2.32. The van der Waals surface area contributed by atoms with Crippen LogP contribution in [-0.4, -0.2) is 6.54 Å². The Hall–Kier alpha value is -0.500. The summed E-state index contributed by atoms with van der Waals surface area (Å²) in [6.07, 6.45) is 1.17. The minimum atomic E-state index is 1.10. The second kappa shape index (κ2) is 2.52. The van der Waals surface area contributed by atoms with Crippen LogP contribution in [0.5, 0.6) is 0 Å². The monoisotopic (exact) mass is 211 g/mol. The van der Waals surface area contributed by atoms with E-state index in [1.165, 1.54) is 23.2 Å². The minimum absolute atomic E-state index is 1.10. The zero-order valence-corrected chi connectivity index (χ0v) is 8.06. The number of fused-ring (bicyclic) bond motifs is 1. The van der Waals surface area contributed by atoms with Gasteiger partial charge in [0.05, 0.1) is 5.69 Å². The van der Waals surface area contributed by atoms with Crippen LogP contribution in [0.1, 0.15) is 11.1 Å².